The number of benzene rings is 1. The molecule has 0 aliphatic carbocycles. The third-order valence-corrected chi connectivity index (χ3v) is 11.6. The number of ether oxygens (including phenoxy) is 1. The summed E-state index contributed by atoms with van der Waals surface area (Å²) in [6.07, 6.45) is 3.34. The Balaban J connectivity index is 1.61. The molecule has 2 aliphatic rings. The van der Waals surface area contributed by atoms with Crippen molar-refractivity contribution in [3.05, 3.63) is 35.9 Å². The Hall–Kier alpha value is -0.950. The first-order valence-corrected chi connectivity index (χ1v) is 14.8. The number of hydrogen-bond donors (Lipinski definition) is 0. The molecule has 0 N–H and O–H groups in total. The molecule has 31 heavy (non-hydrogen) atoms. The van der Waals surface area contributed by atoms with E-state index in [1.54, 1.807) is 11.8 Å². The summed E-state index contributed by atoms with van der Waals surface area (Å²) in [5.74, 6) is 1.37. The third-order valence-electron chi connectivity index (χ3n) is 5.70. The number of likely N-dealkylation sites (tertiary alicyclic amines) is 1. The number of aryl methyl sites for hydroxylation is 1. The number of carbonyl (C=O) groups excluding carboxylic acids is 2. The lowest BCUT2D eigenvalue weighted by Gasteiger charge is -2.26. The number of rotatable bonds is 10. The number of methoxy groups -OCH3 is 1. The van der Waals surface area contributed by atoms with Crippen LogP contribution < -0.4 is 0 Å². The van der Waals surface area contributed by atoms with Gasteiger partial charge in [0.15, 0.2) is 0 Å². The summed E-state index contributed by atoms with van der Waals surface area (Å²) in [4.78, 5) is 27.2. The minimum Gasteiger partial charge on any atom is -0.467 e. The van der Waals surface area contributed by atoms with Gasteiger partial charge in [-0.2, -0.15) is 0 Å². The number of hydrogen-bond acceptors (Lipinski definition) is 7. The Morgan fingerprint density at radius 2 is 1.90 bits per heavy atom. The van der Waals surface area contributed by atoms with Gasteiger partial charge in [-0.15, -0.1) is 23.5 Å². The van der Waals surface area contributed by atoms with E-state index in [1.807, 2.05) is 41.7 Å². The fraction of sp³-hybridized carbons (Fsp3) is 0.636. The second-order valence-corrected chi connectivity index (χ2v) is 13.8. The molecule has 1 aromatic carbocycles. The number of carbonyl (C=O) groups is 2. The highest BCUT2D eigenvalue weighted by molar-refractivity contribution is 8.21. The average molecular weight is 486 g/mol. The fourth-order valence-electron chi connectivity index (χ4n) is 4.20. The highest BCUT2D eigenvalue weighted by Gasteiger charge is 2.52. The Morgan fingerprint density at radius 3 is 2.55 bits per heavy atom. The molecule has 2 fully saturated rings. The average Bonchev–Trinajstić information content (AvgIpc) is 3.39. The second kappa shape index (κ2) is 11.3. The minimum atomic E-state index is -3.11. The van der Waals surface area contributed by atoms with Crippen LogP contribution in [0.15, 0.2) is 30.3 Å². The molecular formula is C22H32NO5PS2. The predicted molar refractivity (Wildman–Crippen MR) is 128 cm³/mol. The molecule has 6 nitrogen and oxygen atoms in total. The van der Waals surface area contributed by atoms with E-state index in [0.717, 1.165) is 30.8 Å². The van der Waals surface area contributed by atoms with Crippen LogP contribution in [0.1, 0.15) is 31.7 Å². The van der Waals surface area contributed by atoms with Crippen LogP contribution in [0.5, 0.6) is 0 Å². The number of amides is 1. The van der Waals surface area contributed by atoms with Crippen molar-refractivity contribution in [2.45, 2.75) is 42.7 Å². The molecule has 0 radical (unpaired) electrons. The van der Waals surface area contributed by atoms with E-state index in [2.05, 4.69) is 12.1 Å². The van der Waals surface area contributed by atoms with Gasteiger partial charge in [0.1, 0.15) is 12.2 Å². The molecule has 172 valence electrons. The smallest absolute Gasteiger partial charge is 0.328 e. The van der Waals surface area contributed by atoms with Gasteiger partial charge >= 0.3 is 5.97 Å². The van der Waals surface area contributed by atoms with Crippen molar-refractivity contribution in [2.75, 3.05) is 44.1 Å². The molecule has 1 amide bonds. The van der Waals surface area contributed by atoms with Gasteiger partial charge in [-0.05, 0) is 31.7 Å². The summed E-state index contributed by atoms with van der Waals surface area (Å²) in [6, 6.07) is 9.58. The fourth-order valence-corrected chi connectivity index (χ4v) is 9.61. The molecule has 3 rings (SSSR count). The predicted octanol–water partition coefficient (Wildman–Crippen LogP) is 4.27. The summed E-state index contributed by atoms with van der Waals surface area (Å²) in [6.45, 7) is 2.59. The van der Waals surface area contributed by atoms with Crippen LogP contribution in [0.4, 0.5) is 0 Å². The molecule has 0 saturated carbocycles. The first-order valence-electron chi connectivity index (χ1n) is 10.8. The maximum atomic E-state index is 13.5. The van der Waals surface area contributed by atoms with Crippen molar-refractivity contribution in [1.82, 2.24) is 4.90 Å². The lowest BCUT2D eigenvalue weighted by molar-refractivity contribution is -0.150. The van der Waals surface area contributed by atoms with Crippen LogP contribution in [0, 0.1) is 0 Å². The van der Waals surface area contributed by atoms with Gasteiger partial charge in [-0.1, -0.05) is 30.3 Å². The van der Waals surface area contributed by atoms with E-state index in [-0.39, 0.29) is 16.1 Å². The summed E-state index contributed by atoms with van der Waals surface area (Å²) >= 11 is 3.62. The van der Waals surface area contributed by atoms with E-state index in [1.165, 1.54) is 12.7 Å². The van der Waals surface area contributed by atoms with Crippen molar-refractivity contribution in [2.24, 2.45) is 0 Å². The highest BCUT2D eigenvalue weighted by Crippen LogP contribution is 2.53. The molecule has 1 spiro atoms. The maximum Gasteiger partial charge on any atom is 0.328 e. The molecule has 0 aromatic heterocycles. The van der Waals surface area contributed by atoms with E-state index in [9.17, 15) is 14.2 Å². The van der Waals surface area contributed by atoms with Crippen molar-refractivity contribution >= 4 is 42.8 Å². The number of thioether (sulfide) groups is 2. The molecule has 1 unspecified atom stereocenters. The topological polar surface area (TPSA) is 72.9 Å². The molecule has 0 bridgehead atoms. The van der Waals surface area contributed by atoms with Gasteiger partial charge in [0.25, 0.3) is 0 Å². The molecule has 2 aliphatic heterocycles. The summed E-state index contributed by atoms with van der Waals surface area (Å²) in [5, 5.41) is 0. The molecule has 2 heterocycles. The Labute approximate surface area is 193 Å². The number of nitrogens with zero attached hydrogens (tertiary/aromatic N) is 1. The third kappa shape index (κ3) is 6.53. The molecular weight excluding hydrogens is 453 g/mol. The molecule has 2 saturated heterocycles. The minimum absolute atomic E-state index is 0.148. The molecule has 2 atom stereocenters. The number of unbranched alkanes of at least 4 members (excludes halogenated alkanes) is 1. The maximum absolute atomic E-state index is 13.5. The lowest BCUT2D eigenvalue weighted by Crippen LogP contribution is -2.43. The zero-order valence-electron chi connectivity index (χ0n) is 18.3. The van der Waals surface area contributed by atoms with Crippen LogP contribution in [0.2, 0.25) is 0 Å². The zero-order chi connectivity index (χ0) is 22.3. The van der Waals surface area contributed by atoms with Crippen molar-refractivity contribution < 1.29 is 23.4 Å². The zero-order valence-corrected chi connectivity index (χ0v) is 20.8. The monoisotopic (exact) mass is 485 g/mol. The Morgan fingerprint density at radius 1 is 1.19 bits per heavy atom. The SMILES string of the molecule is CCOP(=O)(CCCCc1ccccc1)CC(=O)N1CC2(C[C@H]1C(=O)OC)SCCS2. The van der Waals surface area contributed by atoms with Crippen LogP contribution >= 0.6 is 30.9 Å². The molecule has 1 aromatic rings. The van der Waals surface area contributed by atoms with Gasteiger partial charge in [-0.25, -0.2) is 4.79 Å². The molecule has 9 heteroatoms. The van der Waals surface area contributed by atoms with Gasteiger partial charge in [0, 0.05) is 30.6 Å². The van der Waals surface area contributed by atoms with Gasteiger partial charge in [0.05, 0.1) is 17.8 Å². The van der Waals surface area contributed by atoms with Crippen molar-refractivity contribution in [3.8, 4) is 0 Å². The summed E-state index contributed by atoms with van der Waals surface area (Å²) in [5.41, 5.74) is 1.25. The van der Waals surface area contributed by atoms with Gasteiger partial charge < -0.3 is 14.2 Å². The van der Waals surface area contributed by atoms with Gasteiger partial charge in [0.2, 0.25) is 13.3 Å². The first-order chi connectivity index (χ1) is 14.9. The first kappa shape index (κ1) is 24.7. The van der Waals surface area contributed by atoms with Crippen molar-refractivity contribution in [1.29, 1.82) is 0 Å². The quantitative estimate of drug-likeness (QED) is 0.278. The standard InChI is InChI=1S/C22H32NO5PS2/c1-3-28-29(26,12-8-7-11-18-9-5-4-6-10-18)16-20(24)23-17-22(30-13-14-31-22)15-19(23)21(25)27-2/h4-6,9-10,19H,3,7-8,11-17H2,1-2H3/t19-,29?/m0/s1. The van der Waals surface area contributed by atoms with Crippen LogP contribution in [-0.2, 0) is 29.8 Å². The summed E-state index contributed by atoms with van der Waals surface area (Å²) in [7, 11) is -1.76. The van der Waals surface area contributed by atoms with Crippen LogP contribution in [-0.4, -0.2) is 71.0 Å². The van der Waals surface area contributed by atoms with E-state index < -0.39 is 19.4 Å². The number of esters is 1. The van der Waals surface area contributed by atoms with E-state index in [0.29, 0.717) is 25.7 Å². The van der Waals surface area contributed by atoms with E-state index >= 15 is 0 Å². The highest BCUT2D eigenvalue weighted by atomic mass is 32.2. The largest absolute Gasteiger partial charge is 0.467 e. The van der Waals surface area contributed by atoms with Crippen molar-refractivity contribution in [3.63, 3.8) is 0 Å². The lowest BCUT2D eigenvalue weighted by atomic mass is 10.1. The van der Waals surface area contributed by atoms with Crippen LogP contribution in [0.3, 0.4) is 0 Å². The van der Waals surface area contributed by atoms with Gasteiger partial charge in [-0.3, -0.25) is 9.36 Å². The van der Waals surface area contributed by atoms with Crippen LogP contribution in [0.25, 0.3) is 0 Å². The second-order valence-electron chi connectivity index (χ2n) is 7.93. The normalized spacial score (nSPS) is 21.9. The van der Waals surface area contributed by atoms with E-state index in [4.69, 9.17) is 9.26 Å². The Bertz CT molecular complexity index is 800. The summed E-state index contributed by atoms with van der Waals surface area (Å²) < 4.78 is 23.9. The Kier molecular flexibility index (Phi) is 8.97.